The van der Waals surface area contributed by atoms with Gasteiger partial charge in [0.05, 0.1) is 12.0 Å². The number of nitrogens with zero attached hydrogens (tertiary/aromatic N) is 3. The van der Waals surface area contributed by atoms with E-state index < -0.39 is 21.7 Å². The predicted molar refractivity (Wildman–Crippen MR) is 103 cm³/mol. The first-order chi connectivity index (χ1) is 14.4. The van der Waals surface area contributed by atoms with Gasteiger partial charge in [0.2, 0.25) is 10.0 Å². The second kappa shape index (κ2) is 8.11. The zero-order valence-electron chi connectivity index (χ0n) is 16.1. The molecule has 0 aliphatic carbocycles. The lowest BCUT2D eigenvalue weighted by molar-refractivity contribution is 0.307. The van der Waals surface area contributed by atoms with Gasteiger partial charge in [0.1, 0.15) is 5.75 Å². The van der Waals surface area contributed by atoms with E-state index in [-0.39, 0.29) is 23.9 Å². The van der Waals surface area contributed by atoms with Crippen molar-refractivity contribution in [3.63, 3.8) is 0 Å². The summed E-state index contributed by atoms with van der Waals surface area (Å²) in [5.41, 5.74) is 0.728. The number of benzene rings is 2. The Morgan fingerprint density at radius 1 is 1.10 bits per heavy atom. The molecule has 0 bridgehead atoms. The van der Waals surface area contributed by atoms with E-state index in [0.29, 0.717) is 36.4 Å². The number of rotatable bonds is 5. The average Bonchev–Trinajstić information content (AvgIpc) is 3.26. The van der Waals surface area contributed by atoms with Crippen molar-refractivity contribution in [3.05, 3.63) is 59.9 Å². The molecule has 3 aromatic rings. The highest BCUT2D eigenvalue weighted by Gasteiger charge is 2.32. The standard InChI is InChI=1S/C20H19F2N3O4S/c1-28-15-4-2-3-14(11-15)20-23-19(24-29-20)13-7-9-25(10-8-13)30(26,27)16-5-6-17(21)18(22)12-16/h2-6,11-13H,7-10H2,1H3. The lowest BCUT2D eigenvalue weighted by atomic mass is 9.97. The molecule has 0 saturated carbocycles. The van der Waals surface area contributed by atoms with E-state index in [0.717, 1.165) is 17.7 Å². The van der Waals surface area contributed by atoms with Crippen molar-refractivity contribution >= 4 is 10.0 Å². The highest BCUT2D eigenvalue weighted by Crippen LogP contribution is 2.31. The van der Waals surface area contributed by atoms with Crippen LogP contribution in [-0.4, -0.2) is 43.1 Å². The van der Waals surface area contributed by atoms with Crippen molar-refractivity contribution in [2.24, 2.45) is 0 Å². The normalized spacial score (nSPS) is 16.0. The van der Waals surface area contributed by atoms with Gasteiger partial charge in [-0.2, -0.15) is 9.29 Å². The molecule has 30 heavy (non-hydrogen) atoms. The number of piperidine rings is 1. The quantitative estimate of drug-likeness (QED) is 0.609. The van der Waals surface area contributed by atoms with E-state index in [4.69, 9.17) is 9.26 Å². The number of aromatic nitrogens is 2. The molecule has 0 N–H and O–H groups in total. The Balaban J connectivity index is 1.46. The minimum absolute atomic E-state index is 0.0653. The molecule has 2 heterocycles. The lowest BCUT2D eigenvalue weighted by Crippen LogP contribution is -2.38. The Morgan fingerprint density at radius 2 is 1.87 bits per heavy atom. The van der Waals surface area contributed by atoms with Crippen LogP contribution >= 0.6 is 0 Å². The maximum absolute atomic E-state index is 13.5. The molecule has 0 radical (unpaired) electrons. The Bertz CT molecular complexity index is 1160. The molecule has 0 unspecified atom stereocenters. The van der Waals surface area contributed by atoms with Crippen molar-refractivity contribution in [1.29, 1.82) is 0 Å². The maximum Gasteiger partial charge on any atom is 0.258 e. The molecule has 0 amide bonds. The summed E-state index contributed by atoms with van der Waals surface area (Å²) < 4.78 is 63.8. The molecule has 1 aliphatic rings. The Kier molecular flexibility index (Phi) is 5.52. The Labute approximate surface area is 172 Å². The third-order valence-electron chi connectivity index (χ3n) is 5.11. The number of hydrogen-bond donors (Lipinski definition) is 0. The van der Waals surface area contributed by atoms with E-state index in [1.807, 2.05) is 18.2 Å². The lowest BCUT2D eigenvalue weighted by Gasteiger charge is -2.29. The number of halogens is 2. The van der Waals surface area contributed by atoms with Crippen molar-refractivity contribution < 1.29 is 26.5 Å². The SMILES string of the molecule is COc1cccc(-c2nc(C3CCN(S(=O)(=O)c4ccc(F)c(F)c4)CC3)no2)c1. The van der Waals surface area contributed by atoms with E-state index in [9.17, 15) is 17.2 Å². The number of hydrogen-bond acceptors (Lipinski definition) is 6. The van der Waals surface area contributed by atoms with Crippen LogP contribution in [0.3, 0.4) is 0 Å². The summed E-state index contributed by atoms with van der Waals surface area (Å²) in [6.07, 6.45) is 0.972. The third-order valence-corrected chi connectivity index (χ3v) is 7.00. The van der Waals surface area contributed by atoms with Gasteiger partial charge in [-0.25, -0.2) is 17.2 Å². The van der Waals surface area contributed by atoms with Gasteiger partial charge in [-0.15, -0.1) is 0 Å². The topological polar surface area (TPSA) is 85.5 Å². The van der Waals surface area contributed by atoms with E-state index in [1.165, 1.54) is 4.31 Å². The van der Waals surface area contributed by atoms with Crippen molar-refractivity contribution in [2.45, 2.75) is 23.7 Å². The minimum atomic E-state index is -3.90. The van der Waals surface area contributed by atoms with Gasteiger partial charge >= 0.3 is 0 Å². The summed E-state index contributed by atoms with van der Waals surface area (Å²) in [4.78, 5) is 4.19. The first-order valence-corrected chi connectivity index (χ1v) is 10.8. The van der Waals surface area contributed by atoms with Gasteiger partial charge in [-0.1, -0.05) is 11.2 Å². The predicted octanol–water partition coefficient (Wildman–Crippen LogP) is 3.59. The minimum Gasteiger partial charge on any atom is -0.497 e. The van der Waals surface area contributed by atoms with Crippen molar-refractivity contribution in [2.75, 3.05) is 20.2 Å². The van der Waals surface area contributed by atoms with Crippen LogP contribution in [0.5, 0.6) is 5.75 Å². The van der Waals surface area contributed by atoms with E-state index >= 15 is 0 Å². The first kappa shape index (κ1) is 20.4. The highest BCUT2D eigenvalue weighted by molar-refractivity contribution is 7.89. The molecule has 4 rings (SSSR count). The van der Waals surface area contributed by atoms with Gasteiger partial charge in [0, 0.05) is 24.6 Å². The smallest absolute Gasteiger partial charge is 0.258 e. The molecule has 1 aromatic heterocycles. The largest absolute Gasteiger partial charge is 0.497 e. The van der Waals surface area contributed by atoms with Crippen molar-refractivity contribution in [1.82, 2.24) is 14.4 Å². The fourth-order valence-corrected chi connectivity index (χ4v) is 4.90. The van der Waals surface area contributed by atoms with Crippen LogP contribution in [0.2, 0.25) is 0 Å². The molecular weight excluding hydrogens is 416 g/mol. The Hall–Kier alpha value is -2.85. The molecule has 0 atom stereocenters. The molecule has 1 saturated heterocycles. The van der Waals surface area contributed by atoms with E-state index in [2.05, 4.69) is 10.1 Å². The van der Waals surface area contributed by atoms with Crippen LogP contribution in [0, 0.1) is 11.6 Å². The molecule has 0 spiro atoms. The van der Waals surface area contributed by atoms with Crippen molar-refractivity contribution in [3.8, 4) is 17.2 Å². The van der Waals surface area contributed by atoms with Gasteiger partial charge < -0.3 is 9.26 Å². The third kappa shape index (κ3) is 3.92. The summed E-state index contributed by atoms with van der Waals surface area (Å²) in [5, 5.41) is 4.05. The fourth-order valence-electron chi connectivity index (χ4n) is 3.41. The second-order valence-corrected chi connectivity index (χ2v) is 8.88. The molecule has 10 heteroatoms. The van der Waals surface area contributed by atoms with Gasteiger partial charge in [0.15, 0.2) is 17.5 Å². The summed E-state index contributed by atoms with van der Waals surface area (Å²) in [5.74, 6) is -0.801. The highest BCUT2D eigenvalue weighted by atomic mass is 32.2. The molecule has 1 aliphatic heterocycles. The maximum atomic E-state index is 13.5. The summed E-state index contributed by atoms with van der Waals surface area (Å²) in [6.45, 7) is 0.435. The zero-order chi connectivity index (χ0) is 21.3. The van der Waals surface area contributed by atoms with Gasteiger partial charge in [-0.3, -0.25) is 0 Å². The van der Waals surface area contributed by atoms with Crippen LogP contribution in [0.25, 0.3) is 11.5 Å². The molecule has 158 valence electrons. The summed E-state index contributed by atoms with van der Waals surface area (Å²) >= 11 is 0. The van der Waals surface area contributed by atoms with E-state index in [1.54, 1.807) is 13.2 Å². The molecule has 7 nitrogen and oxygen atoms in total. The second-order valence-electron chi connectivity index (χ2n) is 6.94. The van der Waals surface area contributed by atoms with Crippen LogP contribution in [-0.2, 0) is 10.0 Å². The van der Waals surface area contributed by atoms with Gasteiger partial charge in [0.25, 0.3) is 5.89 Å². The summed E-state index contributed by atoms with van der Waals surface area (Å²) in [7, 11) is -2.33. The number of methoxy groups -OCH3 is 1. The zero-order valence-corrected chi connectivity index (χ0v) is 16.9. The summed E-state index contributed by atoms with van der Waals surface area (Å²) in [6, 6.07) is 9.83. The average molecular weight is 435 g/mol. The molecule has 1 fully saturated rings. The van der Waals surface area contributed by atoms with Crippen LogP contribution in [0.15, 0.2) is 51.9 Å². The number of sulfonamides is 1. The molecular formula is C20H19F2N3O4S. The van der Waals surface area contributed by atoms with Crippen LogP contribution in [0.4, 0.5) is 8.78 Å². The Morgan fingerprint density at radius 3 is 2.57 bits per heavy atom. The van der Waals surface area contributed by atoms with Crippen LogP contribution < -0.4 is 4.74 Å². The first-order valence-electron chi connectivity index (χ1n) is 9.31. The van der Waals surface area contributed by atoms with Gasteiger partial charge in [-0.05, 0) is 49.2 Å². The monoisotopic (exact) mass is 435 g/mol. The fraction of sp³-hybridized carbons (Fsp3) is 0.300. The number of ether oxygens (including phenoxy) is 1. The molecule has 2 aromatic carbocycles. The van der Waals surface area contributed by atoms with Crippen LogP contribution in [0.1, 0.15) is 24.6 Å².